The van der Waals surface area contributed by atoms with Crippen LogP contribution in [0.1, 0.15) is 44.3 Å². The molecule has 3 rings (SSSR count). The molecule has 0 aliphatic heterocycles. The van der Waals surface area contributed by atoms with Crippen molar-refractivity contribution >= 4 is 29.3 Å². The second-order valence-electron chi connectivity index (χ2n) is 6.87. The molecule has 9 heteroatoms. The van der Waals surface area contributed by atoms with E-state index in [1.165, 1.54) is 55.6 Å². The molecule has 0 saturated heterocycles. The monoisotopic (exact) mass is 426 g/mol. The third-order valence-corrected chi connectivity index (χ3v) is 6.05. The van der Waals surface area contributed by atoms with Gasteiger partial charge in [0.05, 0.1) is 10.8 Å². The largest absolute Gasteiger partial charge is 0.486 e. The third kappa shape index (κ3) is 5.85. The molecule has 0 bridgehead atoms. The molecule has 1 aliphatic rings. The normalized spacial score (nSPS) is 15.2. The Labute approximate surface area is 173 Å². The number of hydrogen-bond acceptors (Lipinski definition) is 5. The maximum atomic E-state index is 13.2. The molecule has 1 heterocycles. The van der Waals surface area contributed by atoms with Gasteiger partial charge in [-0.05, 0) is 25.0 Å². The molecule has 1 aromatic heterocycles. The number of hydrogen-bond donors (Lipinski definition) is 1. The Hall–Kier alpha value is -1.80. The van der Waals surface area contributed by atoms with E-state index in [0.29, 0.717) is 28.5 Å². The number of carbonyl (C=O) groups is 1. The Kier molecular flexibility index (Phi) is 7.56. The lowest BCUT2D eigenvalue weighted by molar-refractivity contribution is -0.119. The molecular formula is C19H24ClFN4O2S. The van der Waals surface area contributed by atoms with Gasteiger partial charge in [-0.1, -0.05) is 49.0 Å². The molecule has 2 aromatic rings. The second-order valence-corrected chi connectivity index (χ2v) is 8.22. The SMILES string of the molecule is Cn1c(COc2ccc(F)c(Cl)c2)nnc1SCC(=O)NC1CCCCCC1. The zero-order valence-corrected chi connectivity index (χ0v) is 17.4. The van der Waals surface area contributed by atoms with Gasteiger partial charge < -0.3 is 14.6 Å². The van der Waals surface area contributed by atoms with E-state index in [4.69, 9.17) is 16.3 Å². The molecule has 1 amide bonds. The first-order chi connectivity index (χ1) is 13.5. The Bertz CT molecular complexity index is 809. The molecule has 1 aliphatic carbocycles. The fourth-order valence-corrected chi connectivity index (χ4v) is 4.05. The van der Waals surface area contributed by atoms with Gasteiger partial charge in [0.25, 0.3) is 0 Å². The van der Waals surface area contributed by atoms with E-state index < -0.39 is 5.82 Å². The molecular weight excluding hydrogens is 403 g/mol. The fraction of sp³-hybridized carbons (Fsp3) is 0.526. The Balaban J connectivity index is 1.48. The van der Waals surface area contributed by atoms with Gasteiger partial charge >= 0.3 is 0 Å². The number of aromatic nitrogens is 3. The van der Waals surface area contributed by atoms with Crippen molar-refractivity contribution in [3.63, 3.8) is 0 Å². The number of amides is 1. The van der Waals surface area contributed by atoms with E-state index in [2.05, 4.69) is 15.5 Å². The summed E-state index contributed by atoms with van der Waals surface area (Å²) in [5.74, 6) is 0.891. The Morgan fingerprint density at radius 2 is 2.07 bits per heavy atom. The van der Waals surface area contributed by atoms with E-state index >= 15 is 0 Å². The summed E-state index contributed by atoms with van der Waals surface area (Å²) in [6.07, 6.45) is 7.02. The van der Waals surface area contributed by atoms with Crippen molar-refractivity contribution in [1.29, 1.82) is 0 Å². The van der Waals surface area contributed by atoms with Crippen LogP contribution in [0.15, 0.2) is 23.4 Å². The van der Waals surface area contributed by atoms with Gasteiger partial charge in [0.15, 0.2) is 11.0 Å². The molecule has 1 N–H and O–H groups in total. The van der Waals surface area contributed by atoms with Crippen molar-refractivity contribution in [1.82, 2.24) is 20.1 Å². The predicted octanol–water partition coefficient (Wildman–Crippen LogP) is 4.12. The molecule has 1 saturated carbocycles. The minimum atomic E-state index is -0.492. The van der Waals surface area contributed by atoms with Crippen LogP contribution < -0.4 is 10.1 Å². The molecule has 152 valence electrons. The number of nitrogens with zero attached hydrogens (tertiary/aromatic N) is 3. The van der Waals surface area contributed by atoms with Crippen LogP contribution >= 0.6 is 23.4 Å². The van der Waals surface area contributed by atoms with Gasteiger partial charge in [-0.2, -0.15) is 0 Å². The first-order valence-corrected chi connectivity index (χ1v) is 10.8. The van der Waals surface area contributed by atoms with E-state index in [1.807, 2.05) is 7.05 Å². The zero-order chi connectivity index (χ0) is 19.9. The average Bonchev–Trinajstić information content (AvgIpc) is 2.85. The molecule has 0 spiro atoms. The number of nitrogens with one attached hydrogen (secondary N) is 1. The van der Waals surface area contributed by atoms with Crippen LogP contribution in [-0.4, -0.2) is 32.5 Å². The second kappa shape index (κ2) is 10.1. The van der Waals surface area contributed by atoms with Crippen molar-refractivity contribution in [3.05, 3.63) is 34.9 Å². The maximum absolute atomic E-state index is 13.2. The van der Waals surface area contributed by atoms with Crippen LogP contribution in [0.4, 0.5) is 4.39 Å². The van der Waals surface area contributed by atoms with E-state index in [9.17, 15) is 9.18 Å². The van der Waals surface area contributed by atoms with Crippen LogP contribution in [0, 0.1) is 5.82 Å². The first kappa shape index (κ1) is 20.9. The quantitative estimate of drug-likeness (QED) is 0.532. The maximum Gasteiger partial charge on any atom is 0.230 e. The van der Waals surface area contributed by atoms with Crippen LogP contribution in [0.2, 0.25) is 5.02 Å². The minimum Gasteiger partial charge on any atom is -0.486 e. The summed E-state index contributed by atoms with van der Waals surface area (Å²) in [5.41, 5.74) is 0. The highest BCUT2D eigenvalue weighted by atomic mass is 35.5. The van der Waals surface area contributed by atoms with E-state index in [-0.39, 0.29) is 17.5 Å². The predicted molar refractivity (Wildman–Crippen MR) is 107 cm³/mol. The van der Waals surface area contributed by atoms with Gasteiger partial charge in [0, 0.05) is 19.2 Å². The van der Waals surface area contributed by atoms with E-state index in [1.54, 1.807) is 4.57 Å². The number of benzene rings is 1. The summed E-state index contributed by atoms with van der Waals surface area (Å²) >= 11 is 7.10. The number of halogens is 2. The fourth-order valence-electron chi connectivity index (χ4n) is 3.13. The lowest BCUT2D eigenvalue weighted by atomic mass is 10.1. The standard InChI is InChI=1S/C19H24ClFN4O2S/c1-25-17(11-27-14-8-9-16(21)15(20)10-14)23-24-19(25)28-12-18(26)22-13-6-4-2-3-5-7-13/h8-10,13H,2-7,11-12H2,1H3,(H,22,26). The highest BCUT2D eigenvalue weighted by molar-refractivity contribution is 7.99. The number of rotatable bonds is 7. The first-order valence-electron chi connectivity index (χ1n) is 9.41. The van der Waals surface area contributed by atoms with Crippen LogP contribution in [0.5, 0.6) is 5.75 Å². The summed E-state index contributed by atoms with van der Waals surface area (Å²) in [6.45, 7) is 0.167. The van der Waals surface area contributed by atoms with Crippen molar-refractivity contribution in [2.24, 2.45) is 7.05 Å². The van der Waals surface area contributed by atoms with Gasteiger partial charge in [-0.15, -0.1) is 10.2 Å². The highest BCUT2D eigenvalue weighted by Gasteiger charge is 2.16. The number of carbonyl (C=O) groups excluding carboxylic acids is 1. The average molecular weight is 427 g/mol. The summed E-state index contributed by atoms with van der Waals surface area (Å²) in [7, 11) is 1.82. The lowest BCUT2D eigenvalue weighted by Gasteiger charge is -2.15. The zero-order valence-electron chi connectivity index (χ0n) is 15.8. The van der Waals surface area contributed by atoms with E-state index in [0.717, 1.165) is 12.8 Å². The molecule has 1 fully saturated rings. The lowest BCUT2D eigenvalue weighted by Crippen LogP contribution is -2.35. The van der Waals surface area contributed by atoms with Crippen LogP contribution in [0.3, 0.4) is 0 Å². The van der Waals surface area contributed by atoms with Crippen molar-refractivity contribution in [2.75, 3.05) is 5.75 Å². The number of ether oxygens (including phenoxy) is 1. The summed E-state index contributed by atoms with van der Waals surface area (Å²) in [6, 6.07) is 4.47. The summed E-state index contributed by atoms with van der Waals surface area (Å²) in [5, 5.41) is 12.0. The topological polar surface area (TPSA) is 69.0 Å². The molecule has 1 aromatic carbocycles. The van der Waals surface area contributed by atoms with Gasteiger partial charge in [-0.25, -0.2) is 4.39 Å². The van der Waals surface area contributed by atoms with Crippen molar-refractivity contribution in [3.8, 4) is 5.75 Å². The van der Waals surface area contributed by atoms with Gasteiger partial charge in [0.1, 0.15) is 18.2 Å². The third-order valence-electron chi connectivity index (χ3n) is 4.74. The molecule has 6 nitrogen and oxygen atoms in total. The molecule has 0 radical (unpaired) electrons. The smallest absolute Gasteiger partial charge is 0.230 e. The molecule has 28 heavy (non-hydrogen) atoms. The number of thioether (sulfide) groups is 1. The molecule has 0 atom stereocenters. The Morgan fingerprint density at radius 3 is 2.79 bits per heavy atom. The van der Waals surface area contributed by atoms with Gasteiger partial charge in [0.2, 0.25) is 5.91 Å². The van der Waals surface area contributed by atoms with Gasteiger partial charge in [-0.3, -0.25) is 4.79 Å². The minimum absolute atomic E-state index is 0.00592. The molecule has 0 unspecified atom stereocenters. The van der Waals surface area contributed by atoms with Crippen molar-refractivity contribution in [2.45, 2.75) is 56.3 Å². The van der Waals surface area contributed by atoms with Crippen molar-refractivity contribution < 1.29 is 13.9 Å². The van der Waals surface area contributed by atoms with Crippen LogP contribution in [0.25, 0.3) is 0 Å². The Morgan fingerprint density at radius 1 is 1.32 bits per heavy atom. The summed E-state index contributed by atoms with van der Waals surface area (Å²) in [4.78, 5) is 12.2. The summed E-state index contributed by atoms with van der Waals surface area (Å²) < 4.78 is 20.6. The highest BCUT2D eigenvalue weighted by Crippen LogP contribution is 2.23. The van der Waals surface area contributed by atoms with Crippen LogP contribution in [-0.2, 0) is 18.4 Å².